The van der Waals surface area contributed by atoms with Crippen molar-refractivity contribution < 1.29 is 9.69 Å². The van der Waals surface area contributed by atoms with Gasteiger partial charge < -0.3 is 15.1 Å². The van der Waals surface area contributed by atoms with E-state index in [-0.39, 0.29) is 5.91 Å². The minimum atomic E-state index is -0.116. The van der Waals surface area contributed by atoms with Crippen molar-refractivity contribution >= 4 is 23.4 Å². The molecule has 0 aliphatic carbocycles. The van der Waals surface area contributed by atoms with E-state index in [1.54, 1.807) is 11.0 Å². The number of quaternary nitrogens is 1. The number of anilines is 2. The summed E-state index contributed by atoms with van der Waals surface area (Å²) in [4.78, 5) is 16.0. The average Bonchev–Trinajstić information content (AvgIpc) is 2.62. The SMILES string of the molecule is C[NH+]1CCN(c2ccc(NC(=O)/C=C/c3ccccc3)cc2)CC1. The lowest BCUT2D eigenvalue weighted by Crippen LogP contribution is -3.12. The fraction of sp³-hybridized carbons (Fsp3) is 0.250. The normalized spacial score (nSPS) is 15.6. The molecule has 0 bridgehead atoms. The third kappa shape index (κ3) is 4.46. The molecule has 2 N–H and O–H groups in total. The summed E-state index contributed by atoms with van der Waals surface area (Å²) in [6.45, 7) is 4.50. The van der Waals surface area contributed by atoms with Gasteiger partial charge in [0.25, 0.3) is 0 Å². The number of carbonyl (C=O) groups excluding carboxylic acids is 1. The largest absolute Gasteiger partial charge is 0.360 e. The lowest BCUT2D eigenvalue weighted by Gasteiger charge is -2.31. The van der Waals surface area contributed by atoms with E-state index in [4.69, 9.17) is 0 Å². The Kier molecular flexibility index (Phi) is 5.29. The number of carbonyl (C=O) groups is 1. The van der Waals surface area contributed by atoms with Gasteiger partial charge in [-0.05, 0) is 35.9 Å². The molecular formula is C20H24N3O+. The summed E-state index contributed by atoms with van der Waals surface area (Å²) in [7, 11) is 2.24. The zero-order valence-corrected chi connectivity index (χ0v) is 14.0. The van der Waals surface area contributed by atoms with Crippen molar-refractivity contribution in [3.8, 4) is 0 Å². The molecule has 4 heteroatoms. The molecule has 1 heterocycles. The number of amides is 1. The topological polar surface area (TPSA) is 36.8 Å². The monoisotopic (exact) mass is 322 g/mol. The van der Waals surface area contributed by atoms with Crippen LogP contribution in [0.25, 0.3) is 6.08 Å². The molecule has 0 saturated carbocycles. The Morgan fingerprint density at radius 3 is 2.38 bits per heavy atom. The summed E-state index contributed by atoms with van der Waals surface area (Å²) in [6.07, 6.45) is 3.38. The first kappa shape index (κ1) is 16.3. The minimum Gasteiger partial charge on any atom is -0.360 e. The first-order valence-electron chi connectivity index (χ1n) is 8.41. The van der Waals surface area contributed by atoms with Crippen LogP contribution in [0.3, 0.4) is 0 Å². The van der Waals surface area contributed by atoms with Crippen molar-refractivity contribution in [1.29, 1.82) is 0 Å². The van der Waals surface area contributed by atoms with Gasteiger partial charge in [-0.15, -0.1) is 0 Å². The molecule has 24 heavy (non-hydrogen) atoms. The smallest absolute Gasteiger partial charge is 0.248 e. The number of nitrogens with zero attached hydrogens (tertiary/aromatic N) is 1. The lowest BCUT2D eigenvalue weighted by atomic mass is 10.2. The Bertz CT molecular complexity index is 687. The van der Waals surface area contributed by atoms with E-state index in [1.807, 2.05) is 48.5 Å². The second-order valence-corrected chi connectivity index (χ2v) is 6.22. The van der Waals surface area contributed by atoms with Crippen LogP contribution in [0.15, 0.2) is 60.7 Å². The van der Waals surface area contributed by atoms with Crippen molar-refractivity contribution in [2.24, 2.45) is 0 Å². The van der Waals surface area contributed by atoms with Gasteiger partial charge in [0.15, 0.2) is 0 Å². The van der Waals surface area contributed by atoms with E-state index >= 15 is 0 Å². The highest BCUT2D eigenvalue weighted by molar-refractivity contribution is 6.02. The van der Waals surface area contributed by atoms with Crippen molar-refractivity contribution in [2.75, 3.05) is 43.4 Å². The van der Waals surface area contributed by atoms with Crippen LogP contribution in [0.2, 0.25) is 0 Å². The van der Waals surface area contributed by atoms with E-state index in [0.29, 0.717) is 0 Å². The zero-order chi connectivity index (χ0) is 16.8. The maximum absolute atomic E-state index is 12.0. The van der Waals surface area contributed by atoms with E-state index in [1.165, 1.54) is 18.8 Å². The van der Waals surface area contributed by atoms with Gasteiger partial charge in [0, 0.05) is 17.5 Å². The Hall–Kier alpha value is -2.59. The highest BCUT2D eigenvalue weighted by atomic mass is 16.1. The second-order valence-electron chi connectivity index (χ2n) is 6.22. The third-order valence-corrected chi connectivity index (χ3v) is 4.34. The first-order valence-corrected chi connectivity index (χ1v) is 8.41. The molecular weight excluding hydrogens is 298 g/mol. The molecule has 1 aliphatic rings. The molecule has 4 nitrogen and oxygen atoms in total. The molecule has 0 unspecified atom stereocenters. The lowest BCUT2D eigenvalue weighted by molar-refractivity contribution is -0.880. The Labute approximate surface area is 143 Å². The summed E-state index contributed by atoms with van der Waals surface area (Å²) >= 11 is 0. The Morgan fingerprint density at radius 1 is 1.04 bits per heavy atom. The summed E-state index contributed by atoms with van der Waals surface area (Å²) in [6, 6.07) is 17.9. The molecule has 124 valence electrons. The Balaban J connectivity index is 1.56. The summed E-state index contributed by atoms with van der Waals surface area (Å²) in [5.74, 6) is -0.116. The van der Waals surface area contributed by atoms with Gasteiger partial charge in [-0.2, -0.15) is 0 Å². The van der Waals surface area contributed by atoms with Gasteiger partial charge in [-0.25, -0.2) is 0 Å². The third-order valence-electron chi connectivity index (χ3n) is 4.34. The van der Waals surface area contributed by atoms with Crippen molar-refractivity contribution in [1.82, 2.24) is 0 Å². The fourth-order valence-corrected chi connectivity index (χ4v) is 2.82. The molecule has 1 aliphatic heterocycles. The van der Waals surface area contributed by atoms with Crippen LogP contribution in [0.5, 0.6) is 0 Å². The standard InChI is InChI=1S/C20H23N3O/c1-22-13-15-23(16-14-22)19-10-8-18(9-11-19)21-20(24)12-7-17-5-3-2-4-6-17/h2-12H,13-16H2,1H3,(H,21,24)/p+1/b12-7+. The van der Waals surface area contributed by atoms with Gasteiger partial charge in [0.2, 0.25) is 5.91 Å². The van der Waals surface area contributed by atoms with Gasteiger partial charge in [0.05, 0.1) is 33.2 Å². The summed E-state index contributed by atoms with van der Waals surface area (Å²) < 4.78 is 0. The molecule has 0 radical (unpaired) electrons. The van der Waals surface area contributed by atoms with Crippen LogP contribution < -0.4 is 15.1 Å². The molecule has 2 aromatic rings. The number of piperazine rings is 1. The van der Waals surface area contributed by atoms with Gasteiger partial charge >= 0.3 is 0 Å². The molecule has 0 spiro atoms. The van der Waals surface area contributed by atoms with Crippen molar-refractivity contribution in [3.63, 3.8) is 0 Å². The van der Waals surface area contributed by atoms with E-state index in [2.05, 4.69) is 29.4 Å². The zero-order valence-electron chi connectivity index (χ0n) is 14.0. The van der Waals surface area contributed by atoms with Crippen LogP contribution in [-0.2, 0) is 4.79 Å². The van der Waals surface area contributed by atoms with Gasteiger partial charge in [-0.1, -0.05) is 30.3 Å². The molecule has 0 atom stereocenters. The van der Waals surface area contributed by atoms with Crippen molar-refractivity contribution in [2.45, 2.75) is 0 Å². The number of hydrogen-bond donors (Lipinski definition) is 2. The molecule has 1 saturated heterocycles. The first-order chi connectivity index (χ1) is 11.7. The molecule has 1 fully saturated rings. The minimum absolute atomic E-state index is 0.116. The molecule has 3 rings (SSSR count). The van der Waals surface area contributed by atoms with E-state index in [9.17, 15) is 4.79 Å². The van der Waals surface area contributed by atoms with E-state index < -0.39 is 0 Å². The van der Waals surface area contributed by atoms with Gasteiger partial charge in [-0.3, -0.25) is 4.79 Å². The predicted octanol–water partition coefficient (Wildman–Crippen LogP) is 1.67. The maximum Gasteiger partial charge on any atom is 0.248 e. The van der Waals surface area contributed by atoms with Crippen LogP contribution in [0.4, 0.5) is 11.4 Å². The summed E-state index contributed by atoms with van der Waals surface area (Å²) in [5, 5.41) is 2.90. The molecule has 1 amide bonds. The second kappa shape index (κ2) is 7.79. The predicted molar refractivity (Wildman–Crippen MR) is 99.4 cm³/mol. The quantitative estimate of drug-likeness (QED) is 0.840. The molecule has 2 aromatic carbocycles. The summed E-state index contributed by atoms with van der Waals surface area (Å²) in [5.41, 5.74) is 3.06. The number of likely N-dealkylation sites (N-methyl/N-ethyl adjacent to an activating group) is 1. The van der Waals surface area contributed by atoms with Gasteiger partial charge in [0.1, 0.15) is 0 Å². The van der Waals surface area contributed by atoms with Crippen LogP contribution >= 0.6 is 0 Å². The van der Waals surface area contributed by atoms with Crippen LogP contribution in [0, 0.1) is 0 Å². The van der Waals surface area contributed by atoms with Crippen LogP contribution in [0.1, 0.15) is 5.56 Å². The van der Waals surface area contributed by atoms with E-state index in [0.717, 1.165) is 24.3 Å². The average molecular weight is 322 g/mol. The number of nitrogens with one attached hydrogen (secondary N) is 2. The number of hydrogen-bond acceptors (Lipinski definition) is 2. The molecule has 0 aromatic heterocycles. The fourth-order valence-electron chi connectivity index (χ4n) is 2.82. The number of benzene rings is 2. The number of rotatable bonds is 4. The van der Waals surface area contributed by atoms with Crippen LogP contribution in [-0.4, -0.2) is 39.1 Å². The van der Waals surface area contributed by atoms with Crippen molar-refractivity contribution in [3.05, 3.63) is 66.2 Å². The maximum atomic E-state index is 12.0. The highest BCUT2D eigenvalue weighted by Gasteiger charge is 2.16. The Morgan fingerprint density at radius 2 is 1.71 bits per heavy atom. The highest BCUT2D eigenvalue weighted by Crippen LogP contribution is 2.18.